The van der Waals surface area contributed by atoms with Crippen LogP contribution in [0.4, 0.5) is 11.4 Å². The molecule has 0 spiro atoms. The Morgan fingerprint density at radius 2 is 2.11 bits per heavy atom. The van der Waals surface area contributed by atoms with Crippen molar-refractivity contribution in [3.8, 4) is 0 Å². The van der Waals surface area contributed by atoms with E-state index in [0.29, 0.717) is 0 Å². The molecule has 0 saturated carbocycles. The minimum absolute atomic E-state index is 0.764. The molecule has 0 aliphatic rings. The number of nitrogens with two attached hydrogens (primary N) is 1. The van der Waals surface area contributed by atoms with Gasteiger partial charge in [-0.15, -0.1) is 0 Å². The predicted octanol–water partition coefficient (Wildman–Crippen LogP) is 3.35. The molecule has 5 heteroatoms. The molecule has 1 heterocycles. The van der Waals surface area contributed by atoms with Crippen LogP contribution >= 0.6 is 15.9 Å². The lowest BCUT2D eigenvalue weighted by molar-refractivity contribution is 0.574. The zero-order chi connectivity index (χ0) is 13.8. The second-order valence-electron chi connectivity index (χ2n) is 4.66. The highest BCUT2D eigenvalue weighted by Crippen LogP contribution is 2.22. The summed E-state index contributed by atoms with van der Waals surface area (Å²) in [5.41, 5.74) is 9.96. The van der Waals surface area contributed by atoms with E-state index in [2.05, 4.69) is 39.3 Å². The number of nitrogens with one attached hydrogen (secondary N) is 1. The summed E-state index contributed by atoms with van der Waals surface area (Å²) in [5.74, 6) is 0. The average molecular weight is 323 g/mol. The molecular weight excluding hydrogens is 304 g/mol. The van der Waals surface area contributed by atoms with Gasteiger partial charge in [0.05, 0.1) is 17.1 Å². The Hall–Kier alpha value is -1.49. The van der Waals surface area contributed by atoms with Gasteiger partial charge in [-0.2, -0.15) is 5.10 Å². The van der Waals surface area contributed by atoms with Gasteiger partial charge >= 0.3 is 0 Å². The second kappa shape index (κ2) is 6.10. The first-order chi connectivity index (χ1) is 9.06. The summed E-state index contributed by atoms with van der Waals surface area (Å²) in [5, 5.41) is 7.79. The number of anilines is 2. The Morgan fingerprint density at radius 3 is 2.74 bits per heavy atom. The Kier molecular flexibility index (Phi) is 4.47. The monoisotopic (exact) mass is 322 g/mol. The Morgan fingerprint density at radius 1 is 1.32 bits per heavy atom. The molecule has 1 aromatic heterocycles. The summed E-state index contributed by atoms with van der Waals surface area (Å²) in [6, 6.07) is 7.98. The number of rotatable bonds is 5. The second-order valence-corrected chi connectivity index (χ2v) is 5.58. The van der Waals surface area contributed by atoms with Gasteiger partial charge in [-0.05, 0) is 44.5 Å². The van der Waals surface area contributed by atoms with E-state index in [-0.39, 0.29) is 0 Å². The topological polar surface area (TPSA) is 55.9 Å². The maximum Gasteiger partial charge on any atom is 0.0596 e. The van der Waals surface area contributed by atoms with Gasteiger partial charge < -0.3 is 11.1 Å². The Balaban J connectivity index is 1.82. The van der Waals surface area contributed by atoms with Crippen LogP contribution in [-0.4, -0.2) is 16.3 Å². The fourth-order valence-corrected chi connectivity index (χ4v) is 2.43. The van der Waals surface area contributed by atoms with Crippen LogP contribution in [-0.2, 0) is 6.54 Å². The van der Waals surface area contributed by atoms with Crippen molar-refractivity contribution < 1.29 is 0 Å². The van der Waals surface area contributed by atoms with Crippen LogP contribution in [0, 0.1) is 13.8 Å². The van der Waals surface area contributed by atoms with Crippen molar-refractivity contribution in [3.63, 3.8) is 0 Å². The molecule has 2 aromatic rings. The summed E-state index contributed by atoms with van der Waals surface area (Å²) in [7, 11) is 0. The molecule has 19 heavy (non-hydrogen) atoms. The number of hydrogen-bond acceptors (Lipinski definition) is 3. The first kappa shape index (κ1) is 13.9. The third-order valence-electron chi connectivity index (χ3n) is 2.98. The van der Waals surface area contributed by atoms with Crippen molar-refractivity contribution in [2.45, 2.75) is 26.8 Å². The van der Waals surface area contributed by atoms with Gasteiger partial charge in [0, 0.05) is 23.3 Å². The van der Waals surface area contributed by atoms with Gasteiger partial charge in [-0.25, -0.2) is 0 Å². The molecule has 0 saturated heterocycles. The van der Waals surface area contributed by atoms with E-state index in [0.717, 1.165) is 41.1 Å². The molecule has 102 valence electrons. The first-order valence-electron chi connectivity index (χ1n) is 6.36. The van der Waals surface area contributed by atoms with Gasteiger partial charge in [-0.3, -0.25) is 4.68 Å². The van der Waals surface area contributed by atoms with E-state index in [1.54, 1.807) is 0 Å². The summed E-state index contributed by atoms with van der Waals surface area (Å²) in [6.07, 6.45) is 1.01. The largest absolute Gasteiger partial charge is 0.397 e. The molecule has 0 radical (unpaired) electrons. The molecule has 2 rings (SSSR count). The number of aryl methyl sites for hydroxylation is 3. The standard InChI is InChI=1S/C14H19BrN4/c1-10-8-11(2)19(18-10)7-3-6-17-14-5-4-12(15)9-13(14)16/h4-5,8-9,17H,3,6-7,16H2,1-2H3. The number of nitrogen functional groups attached to an aromatic ring is 1. The Labute approximate surface area is 122 Å². The van der Waals surface area contributed by atoms with Crippen molar-refractivity contribution >= 4 is 27.3 Å². The van der Waals surface area contributed by atoms with E-state index in [9.17, 15) is 0 Å². The van der Waals surface area contributed by atoms with Gasteiger partial charge in [0.2, 0.25) is 0 Å². The third kappa shape index (κ3) is 3.73. The summed E-state index contributed by atoms with van der Waals surface area (Å²) >= 11 is 3.40. The van der Waals surface area contributed by atoms with Crippen LogP contribution in [0.3, 0.4) is 0 Å². The molecule has 0 atom stereocenters. The van der Waals surface area contributed by atoms with Crippen LogP contribution in [0.25, 0.3) is 0 Å². The van der Waals surface area contributed by atoms with Gasteiger partial charge in [0.1, 0.15) is 0 Å². The number of aromatic nitrogens is 2. The van der Waals surface area contributed by atoms with E-state index < -0.39 is 0 Å². The van der Waals surface area contributed by atoms with Crippen molar-refractivity contribution in [3.05, 3.63) is 40.1 Å². The van der Waals surface area contributed by atoms with Crippen molar-refractivity contribution in [1.29, 1.82) is 0 Å². The molecule has 0 bridgehead atoms. The number of hydrogen-bond donors (Lipinski definition) is 2. The van der Waals surface area contributed by atoms with E-state index in [4.69, 9.17) is 5.73 Å². The van der Waals surface area contributed by atoms with Crippen molar-refractivity contribution in [2.24, 2.45) is 0 Å². The van der Waals surface area contributed by atoms with Crippen LogP contribution in [0.2, 0.25) is 0 Å². The zero-order valence-corrected chi connectivity index (χ0v) is 12.9. The number of halogens is 1. The first-order valence-corrected chi connectivity index (χ1v) is 7.15. The van der Waals surface area contributed by atoms with E-state index >= 15 is 0 Å². The van der Waals surface area contributed by atoms with E-state index in [1.807, 2.05) is 29.8 Å². The molecular formula is C14H19BrN4. The minimum Gasteiger partial charge on any atom is -0.397 e. The van der Waals surface area contributed by atoms with Crippen molar-refractivity contribution in [2.75, 3.05) is 17.6 Å². The summed E-state index contributed by atoms with van der Waals surface area (Å²) < 4.78 is 3.04. The normalized spacial score (nSPS) is 10.7. The highest BCUT2D eigenvalue weighted by atomic mass is 79.9. The minimum atomic E-state index is 0.764. The highest BCUT2D eigenvalue weighted by molar-refractivity contribution is 9.10. The van der Waals surface area contributed by atoms with Crippen LogP contribution in [0.1, 0.15) is 17.8 Å². The van der Waals surface area contributed by atoms with Crippen LogP contribution in [0.15, 0.2) is 28.7 Å². The lowest BCUT2D eigenvalue weighted by Crippen LogP contribution is -2.09. The number of benzene rings is 1. The van der Waals surface area contributed by atoms with E-state index in [1.165, 1.54) is 5.69 Å². The van der Waals surface area contributed by atoms with Gasteiger partial charge in [0.15, 0.2) is 0 Å². The molecule has 4 nitrogen and oxygen atoms in total. The van der Waals surface area contributed by atoms with Crippen LogP contribution < -0.4 is 11.1 Å². The lowest BCUT2D eigenvalue weighted by Gasteiger charge is -2.10. The molecule has 0 aliphatic heterocycles. The maximum atomic E-state index is 5.93. The summed E-state index contributed by atoms with van der Waals surface area (Å²) in [4.78, 5) is 0. The molecule has 0 unspecified atom stereocenters. The van der Waals surface area contributed by atoms with Gasteiger partial charge in [-0.1, -0.05) is 15.9 Å². The molecule has 1 aromatic carbocycles. The number of nitrogens with zero attached hydrogens (tertiary/aromatic N) is 2. The smallest absolute Gasteiger partial charge is 0.0596 e. The SMILES string of the molecule is Cc1cc(C)n(CCCNc2ccc(Br)cc2N)n1. The fourth-order valence-electron chi connectivity index (χ4n) is 2.05. The third-order valence-corrected chi connectivity index (χ3v) is 3.47. The molecule has 0 amide bonds. The maximum absolute atomic E-state index is 5.93. The van der Waals surface area contributed by atoms with Crippen molar-refractivity contribution in [1.82, 2.24) is 9.78 Å². The average Bonchev–Trinajstić information content (AvgIpc) is 2.65. The molecule has 3 N–H and O–H groups in total. The molecule has 0 fully saturated rings. The lowest BCUT2D eigenvalue weighted by atomic mass is 10.2. The summed E-state index contributed by atoms with van der Waals surface area (Å²) in [6.45, 7) is 5.90. The quantitative estimate of drug-likeness (QED) is 0.655. The predicted molar refractivity (Wildman–Crippen MR) is 83.4 cm³/mol. The Bertz CT molecular complexity index is 563. The zero-order valence-electron chi connectivity index (χ0n) is 11.3. The highest BCUT2D eigenvalue weighted by Gasteiger charge is 2.01. The van der Waals surface area contributed by atoms with Crippen LogP contribution in [0.5, 0.6) is 0 Å². The fraction of sp³-hybridized carbons (Fsp3) is 0.357. The molecule has 0 aliphatic carbocycles. The van der Waals surface area contributed by atoms with Gasteiger partial charge in [0.25, 0.3) is 0 Å².